The Morgan fingerprint density at radius 1 is 0.850 bits per heavy atom. The van der Waals surface area contributed by atoms with Crippen LogP contribution in [0.3, 0.4) is 0 Å². The van der Waals surface area contributed by atoms with Crippen molar-refractivity contribution in [3.63, 3.8) is 0 Å². The van der Waals surface area contributed by atoms with Gasteiger partial charge in [0.05, 0.1) is 11.6 Å². The maximum absolute atomic E-state index is 11.9. The lowest BCUT2D eigenvalue weighted by molar-refractivity contribution is 0.0868. The summed E-state index contributed by atoms with van der Waals surface area (Å²) in [6, 6.07) is 4.52. The Morgan fingerprint density at radius 2 is 1.48 bits per heavy atom. The number of amides is 3. The molecule has 4 rings (SSSR count). The number of hydrogen-bond donors (Lipinski definition) is 3. The van der Waals surface area contributed by atoms with Gasteiger partial charge in [-0.1, -0.05) is 0 Å². The molecule has 0 bridgehead atoms. The monoisotopic (exact) mass is 561 g/mol. The highest BCUT2D eigenvalue weighted by Crippen LogP contribution is 2.29. The van der Waals surface area contributed by atoms with E-state index < -0.39 is 18.1 Å². The number of primary amides is 1. The fourth-order valence-electron chi connectivity index (χ4n) is 5.81. The van der Waals surface area contributed by atoms with Crippen molar-refractivity contribution in [2.24, 2.45) is 11.7 Å². The van der Waals surface area contributed by atoms with Crippen LogP contribution in [0.2, 0.25) is 0 Å². The van der Waals surface area contributed by atoms with E-state index in [9.17, 15) is 19.5 Å². The average molecular weight is 562 g/mol. The number of carbonyl (C=O) groups is 3. The van der Waals surface area contributed by atoms with E-state index in [1.54, 1.807) is 11.0 Å². The summed E-state index contributed by atoms with van der Waals surface area (Å²) in [7, 11) is 0. The number of aromatic nitrogens is 1. The molecule has 0 aliphatic carbocycles. The van der Waals surface area contributed by atoms with Crippen LogP contribution in [0, 0.1) is 5.92 Å². The van der Waals surface area contributed by atoms with Gasteiger partial charge in [0.15, 0.2) is 0 Å². The van der Waals surface area contributed by atoms with Crippen LogP contribution in [-0.4, -0.2) is 130 Å². The Hall–Kier alpha value is -3.12. The molecule has 4 N–H and O–H groups in total. The Labute approximate surface area is 237 Å². The van der Waals surface area contributed by atoms with Crippen LogP contribution in [-0.2, 0) is 0 Å². The first-order valence-corrected chi connectivity index (χ1v) is 14.4. The summed E-state index contributed by atoms with van der Waals surface area (Å²) in [4.78, 5) is 48.0. The van der Waals surface area contributed by atoms with E-state index in [1.165, 1.54) is 11.1 Å². The Bertz CT molecular complexity index is 974. The molecule has 3 aliphatic rings. The summed E-state index contributed by atoms with van der Waals surface area (Å²) in [6.45, 7) is 15.7. The zero-order valence-electron chi connectivity index (χ0n) is 24.4. The van der Waals surface area contributed by atoms with Crippen molar-refractivity contribution < 1.29 is 24.6 Å². The fraction of sp³-hybridized carbons (Fsp3) is 0.714. The van der Waals surface area contributed by atoms with E-state index in [2.05, 4.69) is 47.4 Å². The molecule has 3 saturated heterocycles. The summed E-state index contributed by atoms with van der Waals surface area (Å²) < 4.78 is 0. The van der Waals surface area contributed by atoms with E-state index in [0.29, 0.717) is 43.2 Å². The molecule has 1 atom stereocenters. The quantitative estimate of drug-likeness (QED) is 0.493. The molecule has 0 radical (unpaired) electrons. The predicted molar refractivity (Wildman–Crippen MR) is 154 cm³/mol. The van der Waals surface area contributed by atoms with Gasteiger partial charge in [-0.25, -0.2) is 14.6 Å². The largest absolute Gasteiger partial charge is 0.465 e. The van der Waals surface area contributed by atoms with Crippen LogP contribution >= 0.6 is 0 Å². The molecule has 224 valence electrons. The van der Waals surface area contributed by atoms with Gasteiger partial charge in [0.1, 0.15) is 5.82 Å². The zero-order valence-corrected chi connectivity index (χ0v) is 24.4. The van der Waals surface area contributed by atoms with Crippen LogP contribution in [0.15, 0.2) is 18.3 Å². The third kappa shape index (κ3) is 8.44. The number of rotatable bonds is 5. The highest BCUT2D eigenvalue weighted by Gasteiger charge is 2.36. The molecule has 12 nitrogen and oxygen atoms in total. The van der Waals surface area contributed by atoms with Crippen LogP contribution in [0.1, 0.15) is 57.3 Å². The number of hydrogen-bond acceptors (Lipinski definition) is 7. The average Bonchev–Trinajstić information content (AvgIpc) is 3.17. The third-order valence-corrected chi connectivity index (χ3v) is 8.40. The van der Waals surface area contributed by atoms with Crippen molar-refractivity contribution in [1.29, 1.82) is 0 Å². The number of nitrogens with two attached hydrogens (primary N) is 1. The summed E-state index contributed by atoms with van der Waals surface area (Å²) in [5.74, 6) is 0.703. The number of carboxylic acid groups (broad SMARTS) is 2. The van der Waals surface area contributed by atoms with Gasteiger partial charge in [-0.15, -0.1) is 0 Å². The van der Waals surface area contributed by atoms with Gasteiger partial charge < -0.3 is 30.6 Å². The molecular formula is C28H47N7O5. The van der Waals surface area contributed by atoms with Crippen LogP contribution in [0.25, 0.3) is 0 Å². The molecule has 40 heavy (non-hydrogen) atoms. The van der Waals surface area contributed by atoms with Gasteiger partial charge in [-0.05, 0) is 65.0 Å². The maximum atomic E-state index is 11.9. The van der Waals surface area contributed by atoms with E-state index in [1.807, 2.05) is 6.07 Å². The maximum Gasteiger partial charge on any atom is 0.407 e. The van der Waals surface area contributed by atoms with Crippen molar-refractivity contribution in [1.82, 2.24) is 24.6 Å². The minimum Gasteiger partial charge on any atom is -0.465 e. The van der Waals surface area contributed by atoms with Gasteiger partial charge in [-0.2, -0.15) is 0 Å². The summed E-state index contributed by atoms with van der Waals surface area (Å²) in [5, 5.41) is 18.4. The number of carbonyl (C=O) groups excluding carboxylic acids is 1. The highest BCUT2D eigenvalue weighted by molar-refractivity contribution is 5.92. The fourth-order valence-corrected chi connectivity index (χ4v) is 5.81. The third-order valence-electron chi connectivity index (χ3n) is 8.40. The zero-order chi connectivity index (χ0) is 29.4. The standard InChI is InChI=1S/C20H31N5O3.C8H16N2O2/c1-14(2)24-8-3-9-25(20(27)28)17(13-24)15-6-10-23(11-7-15)18-5-4-16(12-22-18)19(21)26;1-7(2)9-3-5-10(6-4-9)8(11)12/h4-5,12,14-15,17H,3,6-11,13H2,1-2H3,(H2,21,26)(H,27,28);7H,3-6H2,1-2H3,(H,11,12). The first-order valence-electron chi connectivity index (χ1n) is 14.4. The molecule has 0 aromatic carbocycles. The Kier molecular flexibility index (Phi) is 11.4. The van der Waals surface area contributed by atoms with Crippen molar-refractivity contribution >= 4 is 23.9 Å². The lowest BCUT2D eigenvalue weighted by atomic mass is 9.88. The van der Waals surface area contributed by atoms with Crippen molar-refractivity contribution in [2.75, 3.05) is 63.8 Å². The molecule has 0 saturated carbocycles. The molecule has 3 fully saturated rings. The minimum atomic E-state index is -0.804. The Morgan fingerprint density at radius 3 is 1.95 bits per heavy atom. The van der Waals surface area contributed by atoms with Gasteiger partial charge >= 0.3 is 12.2 Å². The molecule has 1 aromatic rings. The first kappa shape index (κ1) is 31.4. The van der Waals surface area contributed by atoms with Crippen LogP contribution in [0.4, 0.5) is 15.4 Å². The Balaban J connectivity index is 0.000000307. The minimum absolute atomic E-state index is 0.0368. The first-order chi connectivity index (χ1) is 19.0. The van der Waals surface area contributed by atoms with Gasteiger partial charge in [0.25, 0.3) is 0 Å². The number of pyridine rings is 1. The van der Waals surface area contributed by atoms with E-state index in [-0.39, 0.29) is 6.04 Å². The van der Waals surface area contributed by atoms with Gasteiger partial charge in [0.2, 0.25) is 5.91 Å². The lowest BCUT2D eigenvalue weighted by Crippen LogP contribution is -2.51. The topological polar surface area (TPSA) is 147 Å². The van der Waals surface area contributed by atoms with Crippen molar-refractivity contribution in [2.45, 2.75) is 65.1 Å². The molecular weight excluding hydrogens is 514 g/mol. The summed E-state index contributed by atoms with van der Waals surface area (Å²) >= 11 is 0. The number of nitrogens with zero attached hydrogens (tertiary/aromatic N) is 6. The van der Waals surface area contributed by atoms with Crippen molar-refractivity contribution in [3.05, 3.63) is 23.9 Å². The SMILES string of the molecule is CC(C)N1CCCN(C(=O)O)C(C2CCN(c3ccc(C(N)=O)cn3)CC2)C1.CC(C)N1CCN(C(=O)O)CC1. The lowest BCUT2D eigenvalue weighted by Gasteiger charge is -2.41. The van der Waals surface area contributed by atoms with E-state index >= 15 is 0 Å². The van der Waals surface area contributed by atoms with E-state index in [0.717, 1.165) is 64.3 Å². The molecule has 4 heterocycles. The summed E-state index contributed by atoms with van der Waals surface area (Å²) in [5.41, 5.74) is 5.68. The molecule has 3 aliphatic heterocycles. The molecule has 1 aromatic heterocycles. The molecule has 0 spiro atoms. The molecule has 12 heteroatoms. The van der Waals surface area contributed by atoms with Crippen LogP contribution in [0.5, 0.6) is 0 Å². The predicted octanol–water partition coefficient (Wildman–Crippen LogP) is 2.55. The second kappa shape index (κ2) is 14.5. The summed E-state index contributed by atoms with van der Waals surface area (Å²) in [6.07, 6.45) is 2.66. The van der Waals surface area contributed by atoms with Gasteiger partial charge in [-0.3, -0.25) is 14.6 Å². The highest BCUT2D eigenvalue weighted by atomic mass is 16.4. The smallest absolute Gasteiger partial charge is 0.407 e. The van der Waals surface area contributed by atoms with Crippen LogP contribution < -0.4 is 10.6 Å². The number of piperidine rings is 1. The van der Waals surface area contributed by atoms with E-state index in [4.69, 9.17) is 10.8 Å². The normalized spacial score (nSPS) is 21.6. The van der Waals surface area contributed by atoms with Gasteiger partial charge in [0, 0.05) is 77.2 Å². The molecule has 3 amide bonds. The molecule has 1 unspecified atom stereocenters. The second-order valence-corrected chi connectivity index (χ2v) is 11.5. The number of anilines is 1. The second-order valence-electron chi connectivity index (χ2n) is 11.5. The number of piperazine rings is 1. The van der Waals surface area contributed by atoms with Crippen molar-refractivity contribution in [3.8, 4) is 0 Å².